The predicted molar refractivity (Wildman–Crippen MR) is 68.8 cm³/mol. The summed E-state index contributed by atoms with van der Waals surface area (Å²) in [6.07, 6.45) is 3.41. The van der Waals surface area contributed by atoms with Crippen LogP contribution in [0.25, 0.3) is 0 Å². The molecule has 1 N–H and O–H groups in total. The molecule has 0 fully saturated rings. The van der Waals surface area contributed by atoms with Crippen LogP contribution in [0.15, 0.2) is 22.9 Å². The Hall–Kier alpha value is -0.385. The van der Waals surface area contributed by atoms with Crippen LogP contribution in [-0.4, -0.2) is 28.8 Å². The average molecular weight is 285 g/mol. The highest BCUT2D eigenvalue weighted by Crippen LogP contribution is 2.24. The summed E-state index contributed by atoms with van der Waals surface area (Å²) in [6, 6.07) is 1.90. The average Bonchev–Trinajstić information content (AvgIpc) is 2.13. The molecule has 0 aromatic carbocycles. The molecule has 1 aromatic rings. The van der Waals surface area contributed by atoms with E-state index in [1.54, 1.807) is 33.7 Å². The van der Waals surface area contributed by atoms with Gasteiger partial charge in [0.15, 0.2) is 0 Å². The third-order valence-electron chi connectivity index (χ3n) is 2.69. The van der Waals surface area contributed by atoms with Crippen molar-refractivity contribution in [1.82, 2.24) is 4.98 Å². The Bertz CT molecular complexity index is 363. The monoisotopic (exact) mass is 284 g/mol. The van der Waals surface area contributed by atoms with Crippen molar-refractivity contribution in [3.63, 3.8) is 0 Å². The van der Waals surface area contributed by atoms with Gasteiger partial charge in [0.2, 0.25) is 0 Å². The Morgan fingerprint density at radius 3 is 2.44 bits per heavy atom. The third kappa shape index (κ3) is 3.58. The number of aromatic nitrogens is 1. The number of rotatable bonds is 4. The van der Waals surface area contributed by atoms with Crippen molar-refractivity contribution >= 4 is 28.9 Å². The summed E-state index contributed by atoms with van der Waals surface area (Å²) in [5.74, 6) is 0. The number of hydrogen-bond acceptors (Lipinski definition) is 3. The van der Waals surface area contributed by atoms with Crippen molar-refractivity contribution in [2.24, 2.45) is 0 Å². The number of halogens is 1. The Labute approximate surface area is 106 Å². The predicted octanol–water partition coefficient (Wildman–Crippen LogP) is 1.65. The molecule has 87 valence electrons. The molecular weight excluding hydrogens is 269 g/mol. The first-order chi connectivity index (χ1) is 7.22. The van der Waals surface area contributed by atoms with E-state index in [4.69, 9.17) is 4.65 Å². The summed E-state index contributed by atoms with van der Waals surface area (Å²) in [5.41, 5.74) is -0.718. The summed E-state index contributed by atoms with van der Waals surface area (Å²) < 4.78 is 6.49. The molecule has 3 nitrogen and oxygen atoms in total. The zero-order chi connectivity index (χ0) is 12.4. The van der Waals surface area contributed by atoms with Gasteiger partial charge in [0.05, 0.1) is 11.2 Å². The van der Waals surface area contributed by atoms with Crippen LogP contribution < -0.4 is 5.46 Å². The number of pyridine rings is 1. The van der Waals surface area contributed by atoms with Crippen LogP contribution in [0.3, 0.4) is 0 Å². The standard InChI is InChI=1S/C11H16BBrNO2/c1-10(2,15)11(3,4)16-12-8-5-9(13)7-14-6-8/h5-7,15H,1-4H3. The first kappa shape index (κ1) is 13.7. The van der Waals surface area contributed by atoms with Crippen molar-refractivity contribution in [2.45, 2.75) is 38.9 Å². The molecule has 0 unspecified atom stereocenters. The summed E-state index contributed by atoms with van der Waals surface area (Å²) in [5, 5.41) is 9.91. The van der Waals surface area contributed by atoms with Gasteiger partial charge in [0.25, 0.3) is 0 Å². The number of nitrogens with zero attached hydrogens (tertiary/aromatic N) is 1. The van der Waals surface area contributed by atoms with E-state index >= 15 is 0 Å². The lowest BCUT2D eigenvalue weighted by Crippen LogP contribution is -2.49. The number of hydrogen-bond donors (Lipinski definition) is 1. The van der Waals surface area contributed by atoms with E-state index in [2.05, 4.69) is 20.9 Å². The van der Waals surface area contributed by atoms with Gasteiger partial charge < -0.3 is 9.76 Å². The zero-order valence-electron chi connectivity index (χ0n) is 9.99. The summed E-state index contributed by atoms with van der Waals surface area (Å²) in [4.78, 5) is 4.03. The van der Waals surface area contributed by atoms with Gasteiger partial charge in [-0.1, -0.05) is 0 Å². The minimum Gasteiger partial charge on any atom is -0.427 e. The molecule has 0 atom stereocenters. The van der Waals surface area contributed by atoms with E-state index in [9.17, 15) is 5.11 Å². The second kappa shape index (κ2) is 4.86. The second-order valence-electron chi connectivity index (χ2n) is 4.74. The molecule has 0 saturated carbocycles. The van der Waals surface area contributed by atoms with E-state index in [0.717, 1.165) is 9.94 Å². The van der Waals surface area contributed by atoms with Crippen LogP contribution in [0.2, 0.25) is 0 Å². The van der Waals surface area contributed by atoms with Crippen molar-refractivity contribution in [2.75, 3.05) is 0 Å². The Balaban J connectivity index is 2.65. The molecule has 1 heterocycles. The van der Waals surface area contributed by atoms with Crippen LogP contribution in [0.5, 0.6) is 0 Å². The quantitative estimate of drug-likeness (QED) is 0.855. The van der Waals surface area contributed by atoms with Crippen LogP contribution in [0.1, 0.15) is 27.7 Å². The van der Waals surface area contributed by atoms with Crippen LogP contribution in [0, 0.1) is 0 Å². The molecule has 1 radical (unpaired) electrons. The smallest absolute Gasteiger partial charge is 0.332 e. The second-order valence-corrected chi connectivity index (χ2v) is 5.66. The van der Waals surface area contributed by atoms with Crippen LogP contribution >= 0.6 is 15.9 Å². The number of aliphatic hydroxyl groups is 1. The fourth-order valence-corrected chi connectivity index (χ4v) is 1.23. The van der Waals surface area contributed by atoms with E-state index in [0.29, 0.717) is 0 Å². The van der Waals surface area contributed by atoms with Gasteiger partial charge in [-0.25, -0.2) is 0 Å². The molecule has 0 aliphatic heterocycles. The molecule has 1 aromatic heterocycles. The van der Waals surface area contributed by atoms with Gasteiger partial charge in [-0.3, -0.25) is 4.98 Å². The SMILES string of the molecule is CC(C)(O)C(C)(C)O[B]c1cncc(Br)c1. The maximum atomic E-state index is 9.91. The van der Waals surface area contributed by atoms with Gasteiger partial charge >= 0.3 is 7.48 Å². The summed E-state index contributed by atoms with van der Waals surface area (Å²) >= 11 is 3.33. The van der Waals surface area contributed by atoms with E-state index in [-0.39, 0.29) is 0 Å². The molecule has 0 bridgehead atoms. The third-order valence-corrected chi connectivity index (χ3v) is 3.12. The molecule has 0 aliphatic rings. The lowest BCUT2D eigenvalue weighted by molar-refractivity contribution is -0.0893. The molecule has 0 aliphatic carbocycles. The highest BCUT2D eigenvalue weighted by atomic mass is 79.9. The van der Waals surface area contributed by atoms with Crippen molar-refractivity contribution < 1.29 is 9.76 Å². The molecule has 0 spiro atoms. The van der Waals surface area contributed by atoms with Crippen LogP contribution in [-0.2, 0) is 4.65 Å². The molecule has 5 heteroatoms. The molecule has 0 amide bonds. The van der Waals surface area contributed by atoms with Gasteiger partial charge in [0.1, 0.15) is 0 Å². The summed E-state index contributed by atoms with van der Waals surface area (Å²) in [6.45, 7) is 7.13. The maximum Gasteiger partial charge on any atom is 0.332 e. The molecule has 1 rings (SSSR count). The normalized spacial score (nSPS) is 12.6. The minimum absolute atomic E-state index is 0.657. The fraction of sp³-hybridized carbons (Fsp3) is 0.545. The Morgan fingerprint density at radius 2 is 1.94 bits per heavy atom. The van der Waals surface area contributed by atoms with Crippen molar-refractivity contribution in [1.29, 1.82) is 0 Å². The molecule has 0 saturated heterocycles. The first-order valence-electron chi connectivity index (χ1n) is 5.06. The fourth-order valence-electron chi connectivity index (χ4n) is 0.852. The first-order valence-corrected chi connectivity index (χ1v) is 5.86. The zero-order valence-corrected chi connectivity index (χ0v) is 11.6. The maximum absolute atomic E-state index is 9.91. The van der Waals surface area contributed by atoms with Crippen LogP contribution in [0.4, 0.5) is 0 Å². The summed E-state index contributed by atoms with van der Waals surface area (Å²) in [7, 11) is 1.61. The highest BCUT2D eigenvalue weighted by Gasteiger charge is 2.35. The van der Waals surface area contributed by atoms with E-state index < -0.39 is 11.2 Å². The topological polar surface area (TPSA) is 42.4 Å². The van der Waals surface area contributed by atoms with Gasteiger partial charge in [-0.05, 0) is 55.2 Å². The Kier molecular flexibility index (Phi) is 4.15. The lowest BCUT2D eigenvalue weighted by atomic mass is 9.83. The highest BCUT2D eigenvalue weighted by molar-refractivity contribution is 9.10. The van der Waals surface area contributed by atoms with Gasteiger partial charge in [0, 0.05) is 16.9 Å². The van der Waals surface area contributed by atoms with E-state index in [1.165, 1.54) is 0 Å². The lowest BCUT2D eigenvalue weighted by Gasteiger charge is -2.37. The van der Waals surface area contributed by atoms with Gasteiger partial charge in [-0.15, -0.1) is 0 Å². The van der Waals surface area contributed by atoms with E-state index in [1.807, 2.05) is 19.9 Å². The van der Waals surface area contributed by atoms with Gasteiger partial charge in [-0.2, -0.15) is 0 Å². The molecule has 16 heavy (non-hydrogen) atoms. The minimum atomic E-state index is -0.914. The molecular formula is C11H16BBrNO2. The van der Waals surface area contributed by atoms with Crippen molar-refractivity contribution in [3.05, 3.63) is 22.9 Å². The Morgan fingerprint density at radius 1 is 1.31 bits per heavy atom. The largest absolute Gasteiger partial charge is 0.427 e. The van der Waals surface area contributed by atoms with Crippen molar-refractivity contribution in [3.8, 4) is 0 Å².